The largest absolute Gasteiger partial charge is 0.444 e. The predicted octanol–water partition coefficient (Wildman–Crippen LogP) is 3.45. The van der Waals surface area contributed by atoms with Crippen LogP contribution in [0.25, 0.3) is 0 Å². The van der Waals surface area contributed by atoms with Gasteiger partial charge in [-0.3, -0.25) is 4.79 Å². The Kier molecular flexibility index (Phi) is 5.15. The number of amides is 1. The predicted molar refractivity (Wildman–Crippen MR) is 101 cm³/mol. The van der Waals surface area contributed by atoms with E-state index in [9.17, 15) is 9.59 Å². The van der Waals surface area contributed by atoms with E-state index in [1.54, 1.807) is 11.0 Å². The van der Waals surface area contributed by atoms with E-state index in [-0.39, 0.29) is 24.0 Å². The highest BCUT2D eigenvalue weighted by molar-refractivity contribution is 6.29. The van der Waals surface area contributed by atoms with Crippen molar-refractivity contribution in [1.29, 1.82) is 0 Å². The van der Waals surface area contributed by atoms with Crippen LogP contribution in [0.5, 0.6) is 0 Å². The fourth-order valence-corrected chi connectivity index (χ4v) is 3.77. The maximum atomic E-state index is 12.4. The Morgan fingerprint density at radius 2 is 1.92 bits per heavy atom. The van der Waals surface area contributed by atoms with Crippen molar-refractivity contribution in [2.45, 2.75) is 64.6 Å². The smallest absolute Gasteiger partial charge is 0.410 e. The number of fused-ring (bicyclic) bond motifs is 1. The SMILES string of the molecule is CC1C(=O)Cc2ccc(Cl)nc2N1C1CCN(C(=O)OC(C)(C)C)CC1. The molecule has 1 aromatic heterocycles. The summed E-state index contributed by atoms with van der Waals surface area (Å²) in [5, 5.41) is 0.432. The van der Waals surface area contributed by atoms with Crippen molar-refractivity contribution in [3.63, 3.8) is 0 Å². The van der Waals surface area contributed by atoms with Crippen LogP contribution in [0.15, 0.2) is 12.1 Å². The molecule has 2 aliphatic heterocycles. The quantitative estimate of drug-likeness (QED) is 0.699. The molecular formula is C19H26ClN3O3. The second-order valence-corrected chi connectivity index (χ2v) is 8.43. The molecule has 1 amide bonds. The molecule has 1 unspecified atom stereocenters. The molecule has 1 fully saturated rings. The van der Waals surface area contributed by atoms with Crippen LogP contribution in [0.3, 0.4) is 0 Å². The summed E-state index contributed by atoms with van der Waals surface area (Å²) in [7, 11) is 0. The van der Waals surface area contributed by atoms with Crippen molar-refractivity contribution in [1.82, 2.24) is 9.88 Å². The van der Waals surface area contributed by atoms with E-state index >= 15 is 0 Å². The summed E-state index contributed by atoms with van der Waals surface area (Å²) in [6.07, 6.45) is 1.66. The van der Waals surface area contributed by atoms with Gasteiger partial charge in [0.1, 0.15) is 16.6 Å². The molecule has 6 nitrogen and oxygen atoms in total. The summed E-state index contributed by atoms with van der Waals surface area (Å²) in [5.41, 5.74) is 0.425. The number of likely N-dealkylation sites (tertiary alicyclic amines) is 1. The van der Waals surface area contributed by atoms with Gasteiger partial charge in [-0.2, -0.15) is 0 Å². The third kappa shape index (κ3) is 3.95. The Hall–Kier alpha value is -1.82. The average molecular weight is 380 g/mol. The van der Waals surface area contributed by atoms with Gasteiger partial charge in [-0.25, -0.2) is 9.78 Å². The number of anilines is 1. The van der Waals surface area contributed by atoms with Crippen molar-refractivity contribution in [3.8, 4) is 0 Å². The number of hydrogen-bond donors (Lipinski definition) is 0. The Balaban J connectivity index is 1.74. The first kappa shape index (κ1) is 19.0. The van der Waals surface area contributed by atoms with E-state index in [1.165, 1.54) is 0 Å². The van der Waals surface area contributed by atoms with Crippen LogP contribution in [-0.4, -0.2) is 52.5 Å². The van der Waals surface area contributed by atoms with E-state index in [4.69, 9.17) is 16.3 Å². The number of ketones is 1. The minimum atomic E-state index is -0.499. The van der Waals surface area contributed by atoms with Gasteiger partial charge in [0.25, 0.3) is 0 Å². The first-order valence-corrected chi connectivity index (χ1v) is 9.48. The van der Waals surface area contributed by atoms with E-state index in [2.05, 4.69) is 9.88 Å². The summed E-state index contributed by atoms with van der Waals surface area (Å²) in [5.74, 6) is 0.997. The first-order valence-electron chi connectivity index (χ1n) is 9.10. The number of rotatable bonds is 1. The molecule has 0 aromatic carbocycles. The number of carbonyl (C=O) groups excluding carboxylic acids is 2. The molecule has 0 radical (unpaired) electrons. The molecule has 0 aliphatic carbocycles. The molecule has 0 saturated carbocycles. The van der Waals surface area contributed by atoms with Gasteiger partial charge in [-0.1, -0.05) is 17.7 Å². The van der Waals surface area contributed by atoms with Crippen LogP contribution in [0.2, 0.25) is 5.15 Å². The lowest BCUT2D eigenvalue weighted by molar-refractivity contribution is -0.120. The topological polar surface area (TPSA) is 62.7 Å². The van der Waals surface area contributed by atoms with Gasteiger partial charge in [-0.05, 0) is 46.6 Å². The Morgan fingerprint density at radius 1 is 1.27 bits per heavy atom. The fraction of sp³-hybridized carbons (Fsp3) is 0.632. The fourth-order valence-electron chi connectivity index (χ4n) is 3.63. The van der Waals surface area contributed by atoms with Crippen molar-refractivity contribution in [3.05, 3.63) is 22.8 Å². The number of ether oxygens (including phenoxy) is 1. The van der Waals surface area contributed by atoms with Crippen LogP contribution in [0.4, 0.5) is 10.6 Å². The maximum absolute atomic E-state index is 12.4. The zero-order valence-corrected chi connectivity index (χ0v) is 16.5. The second-order valence-electron chi connectivity index (χ2n) is 8.04. The molecule has 3 rings (SSSR count). The van der Waals surface area contributed by atoms with Gasteiger partial charge >= 0.3 is 6.09 Å². The molecule has 1 atom stereocenters. The number of pyridine rings is 1. The molecule has 26 heavy (non-hydrogen) atoms. The third-order valence-corrected chi connectivity index (χ3v) is 5.13. The van der Waals surface area contributed by atoms with Crippen molar-refractivity contribution < 1.29 is 14.3 Å². The molecule has 0 bridgehead atoms. The molecule has 0 spiro atoms. The minimum Gasteiger partial charge on any atom is -0.444 e. The summed E-state index contributed by atoms with van der Waals surface area (Å²) >= 11 is 6.10. The third-order valence-electron chi connectivity index (χ3n) is 4.92. The highest BCUT2D eigenvalue weighted by Crippen LogP contribution is 2.33. The van der Waals surface area contributed by atoms with Gasteiger partial charge in [0.2, 0.25) is 0 Å². The molecular weight excluding hydrogens is 354 g/mol. The number of carbonyl (C=O) groups is 2. The van der Waals surface area contributed by atoms with Crippen LogP contribution in [0.1, 0.15) is 46.1 Å². The maximum Gasteiger partial charge on any atom is 0.410 e. The van der Waals surface area contributed by atoms with Gasteiger partial charge in [-0.15, -0.1) is 0 Å². The van der Waals surface area contributed by atoms with E-state index in [1.807, 2.05) is 33.8 Å². The number of piperidine rings is 1. The van der Waals surface area contributed by atoms with Gasteiger partial charge in [0.05, 0.1) is 6.04 Å². The van der Waals surface area contributed by atoms with Gasteiger partial charge < -0.3 is 14.5 Å². The zero-order chi connectivity index (χ0) is 19.1. The molecule has 0 N–H and O–H groups in total. The van der Waals surface area contributed by atoms with E-state index in [0.717, 1.165) is 24.2 Å². The Morgan fingerprint density at radius 3 is 2.54 bits per heavy atom. The standard InChI is InChI=1S/C19H26ClN3O3/c1-12-15(24)11-13-5-6-16(20)21-17(13)23(12)14-7-9-22(10-8-14)18(25)26-19(2,3)4/h5-6,12,14H,7-11H2,1-4H3. The van der Waals surface area contributed by atoms with Crippen LogP contribution in [0, 0.1) is 0 Å². The van der Waals surface area contributed by atoms with Crippen LogP contribution in [-0.2, 0) is 16.0 Å². The average Bonchev–Trinajstić information content (AvgIpc) is 2.55. The molecule has 142 valence electrons. The van der Waals surface area contributed by atoms with E-state index in [0.29, 0.717) is 24.7 Å². The molecule has 7 heteroatoms. The zero-order valence-electron chi connectivity index (χ0n) is 15.8. The minimum absolute atomic E-state index is 0.151. The highest BCUT2D eigenvalue weighted by Gasteiger charge is 2.38. The van der Waals surface area contributed by atoms with Gasteiger partial charge in [0.15, 0.2) is 5.78 Å². The van der Waals surface area contributed by atoms with Gasteiger partial charge in [0, 0.05) is 31.1 Å². The van der Waals surface area contributed by atoms with Crippen LogP contribution < -0.4 is 4.90 Å². The van der Waals surface area contributed by atoms with E-state index < -0.39 is 5.60 Å². The lowest BCUT2D eigenvalue weighted by atomic mass is 9.93. The lowest BCUT2D eigenvalue weighted by Gasteiger charge is -2.44. The lowest BCUT2D eigenvalue weighted by Crippen LogP contribution is -2.54. The monoisotopic (exact) mass is 379 g/mol. The highest BCUT2D eigenvalue weighted by atomic mass is 35.5. The van der Waals surface area contributed by atoms with Crippen molar-refractivity contribution in [2.24, 2.45) is 0 Å². The number of aromatic nitrogens is 1. The first-order chi connectivity index (χ1) is 12.2. The molecule has 1 aromatic rings. The summed E-state index contributed by atoms with van der Waals surface area (Å²) in [4.78, 5) is 33.0. The summed E-state index contributed by atoms with van der Waals surface area (Å²) in [6.45, 7) is 8.73. The summed E-state index contributed by atoms with van der Waals surface area (Å²) in [6, 6.07) is 3.54. The van der Waals surface area contributed by atoms with Crippen molar-refractivity contribution in [2.75, 3.05) is 18.0 Å². The number of hydrogen-bond acceptors (Lipinski definition) is 5. The van der Waals surface area contributed by atoms with Crippen molar-refractivity contribution >= 4 is 29.3 Å². The Bertz CT molecular complexity index is 708. The number of Topliss-reactive ketones (excluding diaryl/α,β-unsaturated/α-hetero) is 1. The molecule has 2 aliphatic rings. The second kappa shape index (κ2) is 7.06. The Labute approximate surface area is 159 Å². The number of halogens is 1. The molecule has 3 heterocycles. The number of nitrogens with zero attached hydrogens (tertiary/aromatic N) is 3. The normalized spacial score (nSPS) is 21.6. The summed E-state index contributed by atoms with van der Waals surface area (Å²) < 4.78 is 5.46. The van der Waals surface area contributed by atoms with Crippen LogP contribution >= 0.6 is 11.6 Å². The molecule has 1 saturated heterocycles.